The Balaban J connectivity index is 1.97. The van der Waals surface area contributed by atoms with E-state index >= 15 is 0 Å². The average Bonchev–Trinajstić information content (AvgIpc) is 3.28. The molecule has 0 spiro atoms. The third-order valence-corrected chi connectivity index (χ3v) is 4.78. The van der Waals surface area contributed by atoms with Crippen molar-refractivity contribution in [3.63, 3.8) is 0 Å². The van der Waals surface area contributed by atoms with Crippen LogP contribution in [0.4, 0.5) is 0 Å². The summed E-state index contributed by atoms with van der Waals surface area (Å²) in [4.78, 5) is 14.5. The molecule has 2 aliphatic rings. The number of carbonyl (C=O) groups is 1. The highest BCUT2D eigenvalue weighted by atomic mass is 16.2. The Hall–Kier alpha value is -1.35. The Labute approximate surface area is 127 Å². The van der Waals surface area contributed by atoms with E-state index in [2.05, 4.69) is 38.1 Å². The van der Waals surface area contributed by atoms with E-state index in [1.165, 1.54) is 24.0 Å². The molecule has 1 amide bonds. The zero-order valence-electron chi connectivity index (χ0n) is 13.1. The summed E-state index contributed by atoms with van der Waals surface area (Å²) < 4.78 is 0. The van der Waals surface area contributed by atoms with Crippen molar-refractivity contribution in [2.75, 3.05) is 0 Å². The van der Waals surface area contributed by atoms with Crippen molar-refractivity contribution in [1.29, 1.82) is 0 Å². The smallest absolute Gasteiger partial charge is 0.223 e. The van der Waals surface area contributed by atoms with Crippen LogP contribution in [0.5, 0.6) is 0 Å². The van der Waals surface area contributed by atoms with Crippen LogP contribution in [-0.4, -0.2) is 22.9 Å². The summed E-state index contributed by atoms with van der Waals surface area (Å²) in [7, 11) is 0. The Kier molecular flexibility index (Phi) is 4.03. The highest BCUT2D eigenvalue weighted by molar-refractivity contribution is 5.77. The minimum absolute atomic E-state index is 0.0266. The van der Waals surface area contributed by atoms with Gasteiger partial charge in [-0.05, 0) is 56.6 Å². The molecule has 1 saturated heterocycles. The van der Waals surface area contributed by atoms with E-state index in [1.807, 2.05) is 4.90 Å². The van der Waals surface area contributed by atoms with Gasteiger partial charge in [0.2, 0.25) is 5.91 Å². The second-order valence-corrected chi connectivity index (χ2v) is 6.84. The number of likely N-dealkylation sites (tertiary alicyclic amines) is 1. The van der Waals surface area contributed by atoms with E-state index in [4.69, 9.17) is 5.73 Å². The van der Waals surface area contributed by atoms with Crippen LogP contribution in [0.25, 0.3) is 0 Å². The SMILES string of the molecule is CC(C)N1C(=O)CCCC(N)C1c1cccc(C2CC2)c1. The Bertz CT molecular complexity index is 522. The van der Waals surface area contributed by atoms with Gasteiger partial charge in [0.15, 0.2) is 0 Å². The van der Waals surface area contributed by atoms with E-state index < -0.39 is 0 Å². The lowest BCUT2D eigenvalue weighted by Crippen LogP contribution is -2.45. The number of amides is 1. The number of nitrogens with zero attached hydrogens (tertiary/aromatic N) is 1. The quantitative estimate of drug-likeness (QED) is 0.926. The van der Waals surface area contributed by atoms with Gasteiger partial charge in [-0.3, -0.25) is 4.79 Å². The van der Waals surface area contributed by atoms with E-state index in [-0.39, 0.29) is 24.0 Å². The van der Waals surface area contributed by atoms with Gasteiger partial charge in [0.1, 0.15) is 0 Å². The molecular weight excluding hydrogens is 260 g/mol. The molecule has 2 atom stereocenters. The lowest BCUT2D eigenvalue weighted by atomic mass is 9.93. The van der Waals surface area contributed by atoms with Gasteiger partial charge < -0.3 is 10.6 Å². The second kappa shape index (κ2) is 5.80. The summed E-state index contributed by atoms with van der Waals surface area (Å²) >= 11 is 0. The topological polar surface area (TPSA) is 46.3 Å². The summed E-state index contributed by atoms with van der Waals surface area (Å²) in [6, 6.07) is 9.03. The van der Waals surface area contributed by atoms with Crippen molar-refractivity contribution in [3.05, 3.63) is 35.4 Å². The fraction of sp³-hybridized carbons (Fsp3) is 0.611. The van der Waals surface area contributed by atoms with Crippen LogP contribution >= 0.6 is 0 Å². The van der Waals surface area contributed by atoms with Crippen LogP contribution in [0.2, 0.25) is 0 Å². The standard InChI is InChI=1S/C18H26N2O/c1-12(2)20-17(21)8-4-7-16(19)18(20)15-6-3-5-14(11-15)13-9-10-13/h3,5-6,11-13,16,18H,4,7-10,19H2,1-2H3. The fourth-order valence-electron chi connectivity index (χ4n) is 3.57. The van der Waals surface area contributed by atoms with Gasteiger partial charge in [-0.1, -0.05) is 24.3 Å². The monoisotopic (exact) mass is 286 g/mol. The predicted molar refractivity (Wildman–Crippen MR) is 85.0 cm³/mol. The largest absolute Gasteiger partial charge is 0.332 e. The van der Waals surface area contributed by atoms with Gasteiger partial charge in [-0.25, -0.2) is 0 Å². The van der Waals surface area contributed by atoms with Crippen LogP contribution in [0.15, 0.2) is 24.3 Å². The van der Waals surface area contributed by atoms with Crippen molar-refractivity contribution in [3.8, 4) is 0 Å². The van der Waals surface area contributed by atoms with Gasteiger partial charge >= 0.3 is 0 Å². The van der Waals surface area contributed by atoms with Crippen molar-refractivity contribution in [2.45, 2.75) is 70.0 Å². The van der Waals surface area contributed by atoms with Crippen LogP contribution in [0, 0.1) is 0 Å². The number of rotatable bonds is 3. The molecule has 1 aromatic rings. The summed E-state index contributed by atoms with van der Waals surface area (Å²) in [5.41, 5.74) is 9.08. The maximum atomic E-state index is 12.5. The average molecular weight is 286 g/mol. The number of nitrogens with two attached hydrogens (primary N) is 1. The molecule has 1 heterocycles. The Morgan fingerprint density at radius 3 is 2.57 bits per heavy atom. The molecule has 2 fully saturated rings. The van der Waals surface area contributed by atoms with Crippen molar-refractivity contribution in [2.24, 2.45) is 5.73 Å². The number of hydrogen-bond acceptors (Lipinski definition) is 2. The molecule has 0 aromatic heterocycles. The minimum Gasteiger partial charge on any atom is -0.332 e. The zero-order valence-corrected chi connectivity index (χ0v) is 13.1. The minimum atomic E-state index is 0.0266. The Morgan fingerprint density at radius 2 is 1.90 bits per heavy atom. The van der Waals surface area contributed by atoms with Crippen molar-refractivity contribution in [1.82, 2.24) is 4.90 Å². The molecule has 2 unspecified atom stereocenters. The van der Waals surface area contributed by atoms with E-state index in [0.29, 0.717) is 6.42 Å². The maximum Gasteiger partial charge on any atom is 0.223 e. The van der Waals surface area contributed by atoms with Crippen LogP contribution in [0.1, 0.15) is 69.0 Å². The first-order valence-corrected chi connectivity index (χ1v) is 8.24. The van der Waals surface area contributed by atoms with Crippen LogP contribution in [-0.2, 0) is 4.79 Å². The van der Waals surface area contributed by atoms with Gasteiger partial charge in [0.25, 0.3) is 0 Å². The molecule has 114 valence electrons. The number of hydrogen-bond donors (Lipinski definition) is 1. The highest BCUT2D eigenvalue weighted by Crippen LogP contribution is 2.41. The highest BCUT2D eigenvalue weighted by Gasteiger charge is 2.35. The van der Waals surface area contributed by atoms with Gasteiger partial charge in [0, 0.05) is 18.5 Å². The third-order valence-electron chi connectivity index (χ3n) is 4.78. The predicted octanol–water partition coefficient (Wildman–Crippen LogP) is 3.35. The first-order chi connectivity index (χ1) is 10.1. The zero-order chi connectivity index (χ0) is 15.0. The van der Waals surface area contributed by atoms with Crippen LogP contribution < -0.4 is 5.73 Å². The molecule has 21 heavy (non-hydrogen) atoms. The summed E-state index contributed by atoms with van der Waals surface area (Å²) in [5.74, 6) is 0.981. The van der Waals surface area contributed by atoms with E-state index in [1.54, 1.807) is 0 Å². The molecule has 3 nitrogen and oxygen atoms in total. The lowest BCUT2D eigenvalue weighted by molar-refractivity contribution is -0.135. The van der Waals surface area contributed by atoms with E-state index in [0.717, 1.165) is 18.8 Å². The molecular formula is C18H26N2O. The van der Waals surface area contributed by atoms with Crippen molar-refractivity contribution < 1.29 is 4.79 Å². The Morgan fingerprint density at radius 1 is 1.19 bits per heavy atom. The van der Waals surface area contributed by atoms with Crippen LogP contribution in [0.3, 0.4) is 0 Å². The lowest BCUT2D eigenvalue weighted by Gasteiger charge is -2.37. The molecule has 3 heteroatoms. The molecule has 1 aromatic carbocycles. The molecule has 0 radical (unpaired) electrons. The molecule has 0 bridgehead atoms. The molecule has 1 aliphatic carbocycles. The first kappa shape index (κ1) is 14.6. The number of benzene rings is 1. The summed E-state index contributed by atoms with van der Waals surface area (Å²) in [6.07, 6.45) is 5.06. The third kappa shape index (κ3) is 2.98. The summed E-state index contributed by atoms with van der Waals surface area (Å²) in [6.45, 7) is 4.18. The fourth-order valence-corrected chi connectivity index (χ4v) is 3.57. The molecule has 1 saturated carbocycles. The van der Waals surface area contributed by atoms with Gasteiger partial charge in [-0.15, -0.1) is 0 Å². The maximum absolute atomic E-state index is 12.5. The van der Waals surface area contributed by atoms with E-state index in [9.17, 15) is 4.79 Å². The van der Waals surface area contributed by atoms with Gasteiger partial charge in [0.05, 0.1) is 6.04 Å². The van der Waals surface area contributed by atoms with Crippen molar-refractivity contribution >= 4 is 5.91 Å². The molecule has 2 N–H and O–H groups in total. The molecule has 1 aliphatic heterocycles. The number of carbonyl (C=O) groups excluding carboxylic acids is 1. The second-order valence-electron chi connectivity index (χ2n) is 6.84. The molecule has 3 rings (SSSR count). The normalized spacial score (nSPS) is 27.0. The van der Waals surface area contributed by atoms with Gasteiger partial charge in [-0.2, -0.15) is 0 Å². The summed E-state index contributed by atoms with van der Waals surface area (Å²) in [5, 5.41) is 0. The first-order valence-electron chi connectivity index (χ1n) is 8.24.